The van der Waals surface area contributed by atoms with Gasteiger partial charge in [0.25, 0.3) is 5.56 Å². The molecule has 4 heterocycles. The molecule has 25 heavy (non-hydrogen) atoms. The predicted molar refractivity (Wildman–Crippen MR) is 91.0 cm³/mol. The van der Waals surface area contributed by atoms with E-state index in [1.165, 1.54) is 15.5 Å². The van der Waals surface area contributed by atoms with Gasteiger partial charge in [-0.15, -0.1) is 0 Å². The fourth-order valence-electron chi connectivity index (χ4n) is 3.56. The van der Waals surface area contributed by atoms with Crippen LogP contribution in [0.25, 0.3) is 5.52 Å². The zero-order chi connectivity index (χ0) is 17.4. The highest BCUT2D eigenvalue weighted by atomic mass is 16.2. The van der Waals surface area contributed by atoms with Gasteiger partial charge in [0, 0.05) is 25.5 Å². The molecule has 0 saturated carbocycles. The maximum absolute atomic E-state index is 12.9. The van der Waals surface area contributed by atoms with Gasteiger partial charge in [-0.25, -0.2) is 9.20 Å². The van der Waals surface area contributed by atoms with Crippen molar-refractivity contribution in [1.29, 1.82) is 0 Å². The average Bonchev–Trinajstić information content (AvgIpc) is 3.26. The number of fused-ring (bicyclic) bond motifs is 1. The van der Waals surface area contributed by atoms with Crippen LogP contribution < -0.4 is 5.56 Å². The van der Waals surface area contributed by atoms with Gasteiger partial charge in [-0.1, -0.05) is 0 Å². The number of aromatic nitrogens is 5. The van der Waals surface area contributed by atoms with Gasteiger partial charge in [0.05, 0.1) is 12.2 Å². The van der Waals surface area contributed by atoms with Crippen LogP contribution in [0, 0.1) is 0 Å². The summed E-state index contributed by atoms with van der Waals surface area (Å²) in [6.07, 6.45) is 8.01. The van der Waals surface area contributed by atoms with Gasteiger partial charge in [-0.3, -0.25) is 9.59 Å². The smallest absolute Gasteiger partial charge is 0.293 e. The van der Waals surface area contributed by atoms with Crippen molar-refractivity contribution in [2.75, 3.05) is 6.54 Å². The van der Waals surface area contributed by atoms with Crippen molar-refractivity contribution in [2.45, 2.75) is 31.8 Å². The van der Waals surface area contributed by atoms with Crippen LogP contribution >= 0.6 is 0 Å². The summed E-state index contributed by atoms with van der Waals surface area (Å²) < 4.78 is 4.69. The summed E-state index contributed by atoms with van der Waals surface area (Å²) in [6.45, 7) is 0.653. The van der Waals surface area contributed by atoms with E-state index < -0.39 is 0 Å². The first-order valence-corrected chi connectivity index (χ1v) is 8.45. The number of carbonyl (C=O) groups excluding carboxylic acids is 1. The van der Waals surface area contributed by atoms with Crippen molar-refractivity contribution < 1.29 is 4.79 Å². The molecule has 0 bridgehead atoms. The zero-order valence-corrected chi connectivity index (χ0v) is 14.1. The monoisotopic (exact) mass is 340 g/mol. The molecule has 3 aromatic rings. The number of piperidine rings is 1. The molecule has 1 aliphatic heterocycles. The fraction of sp³-hybridized carbons (Fsp3) is 0.412. The molecule has 1 fully saturated rings. The minimum atomic E-state index is -0.305. The molecule has 1 unspecified atom stereocenters. The predicted octanol–water partition coefficient (Wildman–Crippen LogP) is 0.983. The molecular weight excluding hydrogens is 320 g/mol. The Morgan fingerprint density at radius 2 is 2.16 bits per heavy atom. The number of nitrogens with zero attached hydrogens (tertiary/aromatic N) is 6. The van der Waals surface area contributed by atoms with Gasteiger partial charge in [0.1, 0.15) is 18.4 Å². The number of likely N-dealkylation sites (tertiary alicyclic amines) is 1. The number of hydrogen-bond acceptors (Lipinski definition) is 4. The van der Waals surface area contributed by atoms with Gasteiger partial charge < -0.3 is 9.47 Å². The molecule has 8 nitrogen and oxygen atoms in total. The largest absolute Gasteiger partial charge is 0.353 e. The van der Waals surface area contributed by atoms with E-state index in [9.17, 15) is 9.59 Å². The Bertz CT molecular complexity index is 969. The quantitative estimate of drug-likeness (QED) is 0.712. The molecule has 0 spiro atoms. The molecule has 0 N–H and O–H groups in total. The first kappa shape index (κ1) is 15.6. The third-order valence-corrected chi connectivity index (χ3v) is 4.86. The van der Waals surface area contributed by atoms with Crippen molar-refractivity contribution in [2.24, 2.45) is 7.05 Å². The maximum Gasteiger partial charge on any atom is 0.293 e. The molecule has 1 amide bonds. The van der Waals surface area contributed by atoms with E-state index in [2.05, 4.69) is 20.8 Å². The summed E-state index contributed by atoms with van der Waals surface area (Å²) in [5.41, 5.74) is 1.24. The van der Waals surface area contributed by atoms with Crippen LogP contribution in [0.15, 0.2) is 41.7 Å². The first-order chi connectivity index (χ1) is 12.1. The highest BCUT2D eigenvalue weighted by Gasteiger charge is 2.29. The van der Waals surface area contributed by atoms with E-state index in [4.69, 9.17) is 0 Å². The van der Waals surface area contributed by atoms with E-state index in [0.29, 0.717) is 12.1 Å². The molecule has 1 aliphatic rings. The second-order valence-electron chi connectivity index (χ2n) is 6.40. The van der Waals surface area contributed by atoms with Gasteiger partial charge in [0.15, 0.2) is 0 Å². The molecule has 0 radical (unpaired) electrons. The lowest BCUT2D eigenvalue weighted by Gasteiger charge is -2.36. The molecule has 3 aromatic heterocycles. The summed E-state index contributed by atoms with van der Waals surface area (Å²) in [7, 11) is 1.99. The normalized spacial score (nSPS) is 18.0. The molecule has 1 saturated heterocycles. The van der Waals surface area contributed by atoms with E-state index >= 15 is 0 Å². The van der Waals surface area contributed by atoms with Gasteiger partial charge >= 0.3 is 0 Å². The van der Waals surface area contributed by atoms with Crippen molar-refractivity contribution >= 4 is 11.4 Å². The first-order valence-electron chi connectivity index (χ1n) is 8.45. The van der Waals surface area contributed by atoms with Crippen LogP contribution in [0.2, 0.25) is 0 Å². The number of hydrogen-bond donors (Lipinski definition) is 0. The molecule has 1 atom stereocenters. The lowest BCUT2D eigenvalue weighted by atomic mass is 9.99. The van der Waals surface area contributed by atoms with E-state index in [1.807, 2.05) is 24.2 Å². The Morgan fingerprint density at radius 3 is 2.96 bits per heavy atom. The Morgan fingerprint density at radius 1 is 1.28 bits per heavy atom. The topological polar surface area (TPSA) is 77.4 Å². The number of amides is 1. The molecule has 8 heteroatoms. The Kier molecular flexibility index (Phi) is 3.87. The second-order valence-corrected chi connectivity index (χ2v) is 6.40. The van der Waals surface area contributed by atoms with Crippen LogP contribution in [0.1, 0.15) is 31.0 Å². The van der Waals surface area contributed by atoms with E-state index in [1.54, 1.807) is 12.3 Å². The summed E-state index contributed by atoms with van der Waals surface area (Å²) in [4.78, 5) is 27.2. The highest BCUT2D eigenvalue weighted by Crippen LogP contribution is 2.31. The number of aryl methyl sites for hydroxylation is 1. The minimum absolute atomic E-state index is 0.0515. The van der Waals surface area contributed by atoms with Crippen LogP contribution in [0.5, 0.6) is 0 Å². The molecule has 130 valence electrons. The second kappa shape index (κ2) is 6.19. The van der Waals surface area contributed by atoms with Crippen molar-refractivity contribution in [3.05, 3.63) is 53.0 Å². The van der Waals surface area contributed by atoms with Crippen LogP contribution in [0.4, 0.5) is 0 Å². The third kappa shape index (κ3) is 2.73. The molecule has 4 rings (SSSR count). The minimum Gasteiger partial charge on any atom is -0.353 e. The van der Waals surface area contributed by atoms with Gasteiger partial charge in [-0.05, 0) is 37.5 Å². The van der Waals surface area contributed by atoms with Crippen LogP contribution in [-0.4, -0.2) is 41.3 Å². The average molecular weight is 340 g/mol. The Balaban J connectivity index is 1.61. The molecule has 0 aromatic carbocycles. The fourth-order valence-corrected chi connectivity index (χ4v) is 3.56. The molecular formula is C17H20N6O2. The lowest BCUT2D eigenvalue weighted by Crippen LogP contribution is -2.42. The lowest BCUT2D eigenvalue weighted by molar-refractivity contribution is -0.136. The van der Waals surface area contributed by atoms with E-state index in [-0.39, 0.29) is 24.1 Å². The van der Waals surface area contributed by atoms with Crippen LogP contribution in [0.3, 0.4) is 0 Å². The SMILES string of the molecule is Cn1cccc1C1CCCCN1C(=O)Cn1ncn2nccc2c1=O. The van der Waals surface area contributed by atoms with Gasteiger partial charge in [0.2, 0.25) is 5.91 Å². The van der Waals surface area contributed by atoms with Crippen molar-refractivity contribution in [3.8, 4) is 0 Å². The summed E-state index contributed by atoms with van der Waals surface area (Å²) in [6, 6.07) is 5.72. The summed E-state index contributed by atoms with van der Waals surface area (Å²) in [5, 5.41) is 8.06. The maximum atomic E-state index is 12.9. The zero-order valence-electron chi connectivity index (χ0n) is 14.1. The number of rotatable bonds is 3. The summed E-state index contributed by atoms with van der Waals surface area (Å²) >= 11 is 0. The summed E-state index contributed by atoms with van der Waals surface area (Å²) in [5.74, 6) is -0.0793. The standard InChI is InChI=1S/C17H20N6O2/c1-20-9-4-6-13(20)14-5-2-3-10-21(14)16(24)11-22-17(25)15-7-8-18-23(15)12-19-22/h4,6-9,12,14H,2-3,5,10-11H2,1H3. The van der Waals surface area contributed by atoms with Crippen molar-refractivity contribution in [3.63, 3.8) is 0 Å². The Labute approximate surface area is 144 Å². The third-order valence-electron chi connectivity index (χ3n) is 4.86. The van der Waals surface area contributed by atoms with Crippen molar-refractivity contribution in [1.82, 2.24) is 28.9 Å². The van der Waals surface area contributed by atoms with Crippen LogP contribution in [-0.2, 0) is 18.4 Å². The van der Waals surface area contributed by atoms with Gasteiger partial charge in [-0.2, -0.15) is 10.2 Å². The van der Waals surface area contributed by atoms with E-state index in [0.717, 1.165) is 25.0 Å². The molecule has 0 aliphatic carbocycles. The number of carbonyl (C=O) groups is 1. The Hall–Kier alpha value is -2.90. The highest BCUT2D eigenvalue weighted by molar-refractivity contribution is 5.76.